The van der Waals surface area contributed by atoms with Crippen LogP contribution in [0, 0.1) is 0 Å². The molecule has 0 saturated heterocycles. The lowest BCUT2D eigenvalue weighted by Crippen LogP contribution is -2.07. The van der Waals surface area contributed by atoms with Crippen molar-refractivity contribution in [1.29, 1.82) is 0 Å². The number of aliphatic hydroxyl groups excluding tert-OH is 1. The van der Waals surface area contributed by atoms with Crippen LogP contribution in [0.4, 0.5) is 5.69 Å². The minimum absolute atomic E-state index is 0.119. The van der Waals surface area contributed by atoms with E-state index in [4.69, 9.17) is 9.29 Å². The molecule has 0 bridgehead atoms. The van der Waals surface area contributed by atoms with Crippen molar-refractivity contribution in [3.05, 3.63) is 35.7 Å². The molecule has 0 radical (unpaired) electrons. The summed E-state index contributed by atoms with van der Waals surface area (Å²) >= 11 is 0. The maximum Gasteiger partial charge on any atom is 0.362 e. The van der Waals surface area contributed by atoms with E-state index in [0.29, 0.717) is 0 Å². The van der Waals surface area contributed by atoms with Crippen molar-refractivity contribution in [2.24, 2.45) is 10.2 Å². The third-order valence-corrected chi connectivity index (χ3v) is 3.08. The summed E-state index contributed by atoms with van der Waals surface area (Å²) in [7, 11) is -4.28. The molecule has 9 heteroatoms. The van der Waals surface area contributed by atoms with Crippen LogP contribution in [0.3, 0.4) is 0 Å². The van der Waals surface area contributed by atoms with Gasteiger partial charge in [-0.05, 0) is 38.1 Å². The van der Waals surface area contributed by atoms with Gasteiger partial charge in [0.1, 0.15) is 5.76 Å². The first-order valence-electron chi connectivity index (χ1n) is 5.82. The molecule has 0 fully saturated rings. The fourth-order valence-electron chi connectivity index (χ4n) is 1.25. The number of esters is 1. The molecule has 1 aromatic rings. The van der Waals surface area contributed by atoms with Gasteiger partial charge in [0.2, 0.25) is 5.70 Å². The summed E-state index contributed by atoms with van der Waals surface area (Å²) in [4.78, 5) is 11.2. The Bertz CT molecular complexity index is 672. The zero-order valence-corrected chi connectivity index (χ0v) is 12.2. The SMILES string of the molecule is CCOC(=O)/C(N=Nc1ccc(S(=O)(=O)O)cc1)=C(\C)O. The van der Waals surface area contributed by atoms with Gasteiger partial charge in [0.25, 0.3) is 10.1 Å². The van der Waals surface area contributed by atoms with E-state index in [1.807, 2.05) is 0 Å². The standard InChI is InChI=1S/C12H14N2O6S/c1-3-20-12(16)11(8(2)15)14-13-9-4-6-10(7-5-9)21(17,18)19/h4-7,15H,3H2,1-2H3,(H,17,18,19)/b11-8-,14-13?. The van der Waals surface area contributed by atoms with Gasteiger partial charge in [0, 0.05) is 0 Å². The van der Waals surface area contributed by atoms with Crippen molar-refractivity contribution in [2.75, 3.05) is 6.61 Å². The van der Waals surface area contributed by atoms with Crippen molar-refractivity contribution in [1.82, 2.24) is 0 Å². The molecule has 0 aliphatic heterocycles. The fraction of sp³-hybridized carbons (Fsp3) is 0.250. The second kappa shape index (κ2) is 6.95. The molecule has 0 heterocycles. The van der Waals surface area contributed by atoms with E-state index in [9.17, 15) is 18.3 Å². The highest BCUT2D eigenvalue weighted by atomic mass is 32.2. The predicted molar refractivity (Wildman–Crippen MR) is 72.7 cm³/mol. The predicted octanol–water partition coefficient (Wildman–Crippen LogP) is 2.37. The van der Waals surface area contributed by atoms with E-state index in [-0.39, 0.29) is 28.6 Å². The van der Waals surface area contributed by atoms with Gasteiger partial charge in [-0.1, -0.05) is 0 Å². The Hall–Kier alpha value is -2.26. The first-order valence-corrected chi connectivity index (χ1v) is 7.26. The fourth-order valence-corrected chi connectivity index (χ4v) is 1.73. The monoisotopic (exact) mass is 314 g/mol. The summed E-state index contributed by atoms with van der Waals surface area (Å²) < 4.78 is 35.2. The van der Waals surface area contributed by atoms with Crippen LogP contribution >= 0.6 is 0 Å². The lowest BCUT2D eigenvalue weighted by Gasteiger charge is -2.02. The first kappa shape index (κ1) is 16.8. The van der Waals surface area contributed by atoms with Gasteiger partial charge in [-0.15, -0.1) is 5.11 Å². The normalized spacial score (nSPS) is 13.1. The zero-order valence-electron chi connectivity index (χ0n) is 11.3. The van der Waals surface area contributed by atoms with E-state index < -0.39 is 16.1 Å². The average Bonchev–Trinajstić information content (AvgIpc) is 2.38. The summed E-state index contributed by atoms with van der Waals surface area (Å²) in [5.74, 6) is -1.18. The van der Waals surface area contributed by atoms with Crippen LogP contribution in [-0.2, 0) is 19.6 Å². The molecule has 1 rings (SSSR count). The maximum absolute atomic E-state index is 11.5. The maximum atomic E-state index is 11.5. The lowest BCUT2D eigenvalue weighted by molar-refractivity contribution is -0.138. The van der Waals surface area contributed by atoms with Crippen LogP contribution in [0.25, 0.3) is 0 Å². The quantitative estimate of drug-likeness (QED) is 0.282. The number of nitrogens with zero attached hydrogens (tertiary/aromatic N) is 2. The minimum atomic E-state index is -4.28. The number of carbonyl (C=O) groups excluding carboxylic acids is 1. The summed E-state index contributed by atoms with van der Waals surface area (Å²) in [5, 5.41) is 16.6. The molecule has 0 aromatic heterocycles. The van der Waals surface area contributed by atoms with Crippen LogP contribution in [0.2, 0.25) is 0 Å². The topological polar surface area (TPSA) is 126 Å². The van der Waals surface area contributed by atoms with E-state index in [1.54, 1.807) is 6.92 Å². The van der Waals surface area contributed by atoms with Crippen molar-refractivity contribution in [3.63, 3.8) is 0 Å². The Balaban J connectivity index is 2.98. The molecule has 0 aliphatic rings. The lowest BCUT2D eigenvalue weighted by atomic mass is 10.3. The third kappa shape index (κ3) is 4.97. The van der Waals surface area contributed by atoms with Gasteiger partial charge in [0.15, 0.2) is 0 Å². The van der Waals surface area contributed by atoms with Gasteiger partial charge in [-0.3, -0.25) is 4.55 Å². The minimum Gasteiger partial charge on any atom is -0.510 e. The second-order valence-corrected chi connectivity index (χ2v) is 5.24. The number of benzene rings is 1. The van der Waals surface area contributed by atoms with Crippen molar-refractivity contribution in [2.45, 2.75) is 18.7 Å². The van der Waals surface area contributed by atoms with Crippen molar-refractivity contribution in [3.8, 4) is 0 Å². The molecule has 114 valence electrons. The van der Waals surface area contributed by atoms with Crippen LogP contribution in [0.5, 0.6) is 0 Å². The van der Waals surface area contributed by atoms with Gasteiger partial charge in [-0.2, -0.15) is 13.5 Å². The second-order valence-electron chi connectivity index (χ2n) is 3.82. The van der Waals surface area contributed by atoms with E-state index in [0.717, 1.165) is 12.1 Å². The van der Waals surface area contributed by atoms with E-state index >= 15 is 0 Å². The zero-order chi connectivity index (χ0) is 16.0. The highest BCUT2D eigenvalue weighted by molar-refractivity contribution is 7.85. The van der Waals surface area contributed by atoms with E-state index in [1.165, 1.54) is 19.1 Å². The molecule has 0 aliphatic carbocycles. The van der Waals surface area contributed by atoms with Gasteiger partial charge < -0.3 is 9.84 Å². The molecule has 8 nitrogen and oxygen atoms in total. The van der Waals surface area contributed by atoms with Crippen LogP contribution in [0.1, 0.15) is 13.8 Å². The number of aliphatic hydroxyl groups is 1. The molecule has 21 heavy (non-hydrogen) atoms. The Morgan fingerprint density at radius 2 is 1.86 bits per heavy atom. The van der Waals surface area contributed by atoms with Crippen LogP contribution in [-0.4, -0.2) is 30.7 Å². The van der Waals surface area contributed by atoms with Crippen molar-refractivity contribution < 1.29 is 27.6 Å². The summed E-state index contributed by atoms with van der Waals surface area (Å²) in [6.45, 7) is 2.98. The number of hydrogen-bond donors (Lipinski definition) is 2. The Kier molecular flexibility index (Phi) is 5.56. The van der Waals surface area contributed by atoms with Gasteiger partial charge in [0.05, 0.1) is 17.2 Å². The number of azo groups is 1. The average molecular weight is 314 g/mol. The summed E-state index contributed by atoms with van der Waals surface area (Å²) in [6, 6.07) is 4.82. The van der Waals surface area contributed by atoms with Crippen molar-refractivity contribution >= 4 is 21.8 Å². The molecule has 0 saturated carbocycles. The third-order valence-electron chi connectivity index (χ3n) is 2.21. The molecule has 0 spiro atoms. The van der Waals surface area contributed by atoms with E-state index in [2.05, 4.69) is 10.2 Å². The molecular weight excluding hydrogens is 300 g/mol. The van der Waals surface area contributed by atoms with Gasteiger partial charge >= 0.3 is 5.97 Å². The Morgan fingerprint density at radius 1 is 1.29 bits per heavy atom. The van der Waals surface area contributed by atoms with Crippen LogP contribution in [0.15, 0.2) is 50.8 Å². The molecule has 0 unspecified atom stereocenters. The first-order chi connectivity index (χ1) is 9.75. The number of ether oxygens (including phenoxy) is 1. The number of rotatable bonds is 5. The summed E-state index contributed by atoms with van der Waals surface area (Å²) in [5.41, 5.74) is -0.124. The molecule has 0 amide bonds. The Labute approximate surface area is 121 Å². The summed E-state index contributed by atoms with van der Waals surface area (Å²) in [6.07, 6.45) is 0. The highest BCUT2D eigenvalue weighted by Crippen LogP contribution is 2.18. The highest BCUT2D eigenvalue weighted by Gasteiger charge is 2.14. The molecule has 2 N–H and O–H groups in total. The van der Waals surface area contributed by atoms with Gasteiger partial charge in [-0.25, -0.2) is 4.79 Å². The molecule has 0 atom stereocenters. The number of allylic oxidation sites excluding steroid dienone is 1. The number of carbonyl (C=O) groups is 1. The smallest absolute Gasteiger partial charge is 0.362 e. The molecule has 1 aromatic carbocycles. The number of hydrogen-bond acceptors (Lipinski definition) is 7. The molecular formula is C12H14N2O6S. The Morgan fingerprint density at radius 3 is 2.29 bits per heavy atom. The van der Waals surface area contributed by atoms with Crippen LogP contribution < -0.4 is 0 Å². The largest absolute Gasteiger partial charge is 0.510 e.